The van der Waals surface area contributed by atoms with Crippen LogP contribution in [0.2, 0.25) is 0 Å². The lowest BCUT2D eigenvalue weighted by molar-refractivity contribution is -0.133. The molecule has 2 unspecified atom stereocenters. The smallest absolute Gasteiger partial charge is 0.225 e. The third-order valence-corrected chi connectivity index (χ3v) is 4.85. The van der Waals surface area contributed by atoms with E-state index in [1.807, 2.05) is 39.0 Å². The molecular formula is C20H30N2O4. The molecular weight excluding hydrogens is 332 g/mol. The summed E-state index contributed by atoms with van der Waals surface area (Å²) in [5.41, 5.74) is 0.905. The van der Waals surface area contributed by atoms with E-state index in [0.29, 0.717) is 31.1 Å². The van der Waals surface area contributed by atoms with Gasteiger partial charge in [0.05, 0.1) is 20.1 Å². The first-order valence-electron chi connectivity index (χ1n) is 9.21. The van der Waals surface area contributed by atoms with Crippen LogP contribution in [0.25, 0.3) is 0 Å². The molecule has 6 nitrogen and oxygen atoms in total. The van der Waals surface area contributed by atoms with Crippen molar-refractivity contribution < 1.29 is 19.1 Å². The van der Waals surface area contributed by atoms with Crippen LogP contribution in [-0.2, 0) is 9.59 Å². The number of carbonyl (C=O) groups is 2. The Morgan fingerprint density at radius 2 is 1.96 bits per heavy atom. The molecule has 2 amide bonds. The zero-order valence-corrected chi connectivity index (χ0v) is 16.4. The van der Waals surface area contributed by atoms with Crippen LogP contribution in [0.15, 0.2) is 18.2 Å². The number of likely N-dealkylation sites (tertiary alicyclic amines) is 1. The first-order chi connectivity index (χ1) is 12.4. The SMILES string of the molecule is CCCNC(=O)C1CN(C(=O)C(C)C)CC1c1cc(OC)ccc1OC. The quantitative estimate of drug-likeness (QED) is 0.809. The third-order valence-electron chi connectivity index (χ3n) is 4.85. The van der Waals surface area contributed by atoms with Crippen molar-refractivity contribution >= 4 is 11.8 Å². The minimum Gasteiger partial charge on any atom is -0.497 e. The van der Waals surface area contributed by atoms with E-state index in [-0.39, 0.29) is 29.6 Å². The van der Waals surface area contributed by atoms with Gasteiger partial charge in [-0.15, -0.1) is 0 Å². The molecule has 26 heavy (non-hydrogen) atoms. The van der Waals surface area contributed by atoms with Crippen LogP contribution in [0.1, 0.15) is 38.7 Å². The fourth-order valence-electron chi connectivity index (χ4n) is 3.44. The van der Waals surface area contributed by atoms with Crippen molar-refractivity contribution in [1.29, 1.82) is 0 Å². The van der Waals surface area contributed by atoms with Crippen molar-refractivity contribution in [2.24, 2.45) is 11.8 Å². The highest BCUT2D eigenvalue weighted by molar-refractivity contribution is 5.84. The molecule has 0 aliphatic carbocycles. The van der Waals surface area contributed by atoms with Gasteiger partial charge in [0.2, 0.25) is 11.8 Å². The van der Waals surface area contributed by atoms with E-state index in [1.54, 1.807) is 19.1 Å². The predicted molar refractivity (Wildman–Crippen MR) is 100 cm³/mol. The Morgan fingerprint density at radius 3 is 2.54 bits per heavy atom. The van der Waals surface area contributed by atoms with Crippen LogP contribution in [0, 0.1) is 11.8 Å². The fraction of sp³-hybridized carbons (Fsp3) is 0.600. The summed E-state index contributed by atoms with van der Waals surface area (Å²) < 4.78 is 10.9. The molecule has 0 saturated carbocycles. The molecule has 1 heterocycles. The number of benzene rings is 1. The second-order valence-electron chi connectivity index (χ2n) is 7.01. The lowest BCUT2D eigenvalue weighted by Crippen LogP contribution is -2.36. The van der Waals surface area contributed by atoms with E-state index in [9.17, 15) is 9.59 Å². The molecule has 0 radical (unpaired) electrons. The van der Waals surface area contributed by atoms with Gasteiger partial charge in [0.1, 0.15) is 11.5 Å². The average molecular weight is 362 g/mol. The summed E-state index contributed by atoms with van der Waals surface area (Å²) in [6.07, 6.45) is 0.875. The Balaban J connectivity index is 2.38. The van der Waals surface area contributed by atoms with Gasteiger partial charge in [-0.05, 0) is 24.6 Å². The van der Waals surface area contributed by atoms with E-state index < -0.39 is 0 Å². The van der Waals surface area contributed by atoms with Gasteiger partial charge in [-0.3, -0.25) is 9.59 Å². The van der Waals surface area contributed by atoms with E-state index in [2.05, 4.69) is 5.32 Å². The van der Waals surface area contributed by atoms with Gasteiger partial charge in [0, 0.05) is 37.0 Å². The Bertz CT molecular complexity index is 645. The lowest BCUT2D eigenvalue weighted by atomic mass is 9.87. The molecule has 1 saturated heterocycles. The van der Waals surface area contributed by atoms with Gasteiger partial charge < -0.3 is 19.7 Å². The van der Waals surface area contributed by atoms with Crippen molar-refractivity contribution in [1.82, 2.24) is 10.2 Å². The molecule has 6 heteroatoms. The van der Waals surface area contributed by atoms with Crippen molar-refractivity contribution in [3.05, 3.63) is 23.8 Å². The number of hydrogen-bond donors (Lipinski definition) is 1. The predicted octanol–water partition coefficient (Wildman–Crippen LogP) is 2.43. The Labute approximate surface area is 155 Å². The van der Waals surface area contributed by atoms with Crippen LogP contribution in [0.3, 0.4) is 0 Å². The van der Waals surface area contributed by atoms with E-state index >= 15 is 0 Å². The molecule has 1 N–H and O–H groups in total. The first kappa shape index (κ1) is 20.1. The Kier molecular flexibility index (Phi) is 6.89. The van der Waals surface area contributed by atoms with Crippen molar-refractivity contribution in [2.75, 3.05) is 33.9 Å². The second-order valence-corrected chi connectivity index (χ2v) is 7.01. The molecule has 1 aromatic carbocycles. The van der Waals surface area contributed by atoms with Crippen LogP contribution in [0.5, 0.6) is 11.5 Å². The van der Waals surface area contributed by atoms with Crippen LogP contribution in [0.4, 0.5) is 0 Å². The van der Waals surface area contributed by atoms with Gasteiger partial charge >= 0.3 is 0 Å². The van der Waals surface area contributed by atoms with Gasteiger partial charge in [-0.25, -0.2) is 0 Å². The van der Waals surface area contributed by atoms with Crippen LogP contribution >= 0.6 is 0 Å². The normalized spacial score (nSPS) is 19.5. The number of amides is 2. The average Bonchev–Trinajstić information content (AvgIpc) is 3.09. The van der Waals surface area contributed by atoms with E-state index in [4.69, 9.17) is 9.47 Å². The minimum absolute atomic E-state index is 0.0132. The third kappa shape index (κ3) is 4.29. The molecule has 1 aliphatic rings. The number of nitrogens with zero attached hydrogens (tertiary/aromatic N) is 1. The maximum atomic E-state index is 12.8. The molecule has 0 aromatic heterocycles. The number of rotatable bonds is 7. The van der Waals surface area contributed by atoms with E-state index in [0.717, 1.165) is 12.0 Å². The highest BCUT2D eigenvalue weighted by Crippen LogP contribution is 2.39. The maximum absolute atomic E-state index is 12.8. The minimum atomic E-state index is -0.301. The van der Waals surface area contributed by atoms with Crippen LogP contribution in [-0.4, -0.2) is 50.6 Å². The Morgan fingerprint density at radius 1 is 1.23 bits per heavy atom. The molecule has 144 valence electrons. The van der Waals surface area contributed by atoms with Crippen molar-refractivity contribution in [3.8, 4) is 11.5 Å². The van der Waals surface area contributed by atoms with Gasteiger partial charge in [0.25, 0.3) is 0 Å². The molecule has 2 atom stereocenters. The van der Waals surface area contributed by atoms with Crippen molar-refractivity contribution in [2.45, 2.75) is 33.1 Å². The molecule has 1 aliphatic heterocycles. The summed E-state index contributed by atoms with van der Waals surface area (Å²) in [6.45, 7) is 7.35. The number of nitrogens with one attached hydrogen (secondary N) is 1. The number of methoxy groups -OCH3 is 2. The number of carbonyl (C=O) groups excluding carboxylic acids is 2. The molecule has 1 fully saturated rings. The standard InChI is InChI=1S/C20H30N2O4/c1-6-9-21-19(23)17-12-22(20(24)13(2)3)11-16(17)15-10-14(25-4)7-8-18(15)26-5/h7-8,10,13,16-17H,6,9,11-12H2,1-5H3,(H,21,23). The monoisotopic (exact) mass is 362 g/mol. The largest absolute Gasteiger partial charge is 0.497 e. The highest BCUT2D eigenvalue weighted by atomic mass is 16.5. The summed E-state index contributed by atoms with van der Waals surface area (Å²) in [7, 11) is 3.23. The molecule has 1 aromatic rings. The van der Waals surface area contributed by atoms with Gasteiger partial charge in [-0.1, -0.05) is 20.8 Å². The number of hydrogen-bond acceptors (Lipinski definition) is 4. The molecule has 0 spiro atoms. The summed E-state index contributed by atoms with van der Waals surface area (Å²) in [5.74, 6) is 0.957. The van der Waals surface area contributed by atoms with Gasteiger partial charge in [0.15, 0.2) is 0 Å². The zero-order chi connectivity index (χ0) is 19.3. The molecule has 0 bridgehead atoms. The van der Waals surface area contributed by atoms with E-state index in [1.165, 1.54) is 0 Å². The Hall–Kier alpha value is -2.24. The van der Waals surface area contributed by atoms with Crippen molar-refractivity contribution in [3.63, 3.8) is 0 Å². The fourth-order valence-corrected chi connectivity index (χ4v) is 3.44. The lowest BCUT2D eigenvalue weighted by Gasteiger charge is -2.21. The summed E-state index contributed by atoms with van der Waals surface area (Å²) in [4.78, 5) is 27.1. The maximum Gasteiger partial charge on any atom is 0.225 e. The summed E-state index contributed by atoms with van der Waals surface area (Å²) in [5, 5.41) is 2.98. The number of ether oxygens (including phenoxy) is 2. The van der Waals surface area contributed by atoms with Crippen LogP contribution < -0.4 is 14.8 Å². The summed E-state index contributed by atoms with van der Waals surface area (Å²) >= 11 is 0. The first-order valence-corrected chi connectivity index (χ1v) is 9.21. The topological polar surface area (TPSA) is 67.9 Å². The zero-order valence-electron chi connectivity index (χ0n) is 16.4. The highest BCUT2D eigenvalue weighted by Gasteiger charge is 2.41. The second kappa shape index (κ2) is 8.92. The summed E-state index contributed by atoms with van der Waals surface area (Å²) in [6, 6.07) is 5.59. The molecule has 2 rings (SSSR count). The van der Waals surface area contributed by atoms with Gasteiger partial charge in [-0.2, -0.15) is 0 Å².